The quantitative estimate of drug-likeness (QED) is 0.449. The van der Waals surface area contributed by atoms with Gasteiger partial charge in [-0.25, -0.2) is 0 Å². The monoisotopic (exact) mass is 182 g/mol. The van der Waals surface area contributed by atoms with Crippen LogP contribution in [0, 0.1) is 0 Å². The van der Waals surface area contributed by atoms with Crippen LogP contribution < -0.4 is 0 Å². The lowest BCUT2D eigenvalue weighted by molar-refractivity contribution is 0.140. The maximum atomic E-state index is 5.50. The third kappa shape index (κ3) is 7.79. The topological polar surface area (TPSA) is 9.23 Å². The molecule has 0 radical (unpaired) electrons. The fraction of sp³-hybridized carbons (Fsp3) is 0.667. The second-order valence-corrected chi connectivity index (χ2v) is 3.38. The van der Waals surface area contributed by atoms with Crippen molar-refractivity contribution in [3.63, 3.8) is 0 Å². The first kappa shape index (κ1) is 12.4. The molecule has 0 N–H and O–H groups in total. The minimum atomic E-state index is 0.854. The SMILES string of the molecule is CC=C(C)CCOCCC(C)=CC. The molecular weight excluding hydrogens is 160 g/mol. The number of ether oxygens (including phenoxy) is 1. The van der Waals surface area contributed by atoms with Gasteiger partial charge in [0.05, 0.1) is 13.2 Å². The lowest BCUT2D eigenvalue weighted by atomic mass is 10.2. The first-order chi connectivity index (χ1) is 6.20. The minimum absolute atomic E-state index is 0.854. The zero-order valence-electron chi connectivity index (χ0n) is 9.39. The molecule has 76 valence electrons. The summed E-state index contributed by atoms with van der Waals surface area (Å²) < 4.78 is 5.50. The summed E-state index contributed by atoms with van der Waals surface area (Å²) >= 11 is 0. The molecule has 0 aliphatic rings. The highest BCUT2D eigenvalue weighted by Crippen LogP contribution is 2.02. The van der Waals surface area contributed by atoms with E-state index in [0.29, 0.717) is 0 Å². The van der Waals surface area contributed by atoms with Crippen LogP contribution in [-0.4, -0.2) is 13.2 Å². The van der Waals surface area contributed by atoms with Gasteiger partial charge in [0.1, 0.15) is 0 Å². The first-order valence-corrected chi connectivity index (χ1v) is 5.02. The zero-order chi connectivity index (χ0) is 10.1. The molecule has 0 atom stereocenters. The van der Waals surface area contributed by atoms with Gasteiger partial charge in [0.15, 0.2) is 0 Å². The summed E-state index contributed by atoms with van der Waals surface area (Å²) in [7, 11) is 0. The van der Waals surface area contributed by atoms with Gasteiger partial charge in [0.2, 0.25) is 0 Å². The van der Waals surface area contributed by atoms with Crippen LogP contribution in [-0.2, 0) is 4.74 Å². The van der Waals surface area contributed by atoms with Crippen LogP contribution in [0.5, 0.6) is 0 Å². The lowest BCUT2D eigenvalue weighted by Gasteiger charge is -2.04. The fourth-order valence-corrected chi connectivity index (χ4v) is 0.857. The van der Waals surface area contributed by atoms with Crippen LogP contribution in [0.2, 0.25) is 0 Å². The van der Waals surface area contributed by atoms with Gasteiger partial charge in [0.25, 0.3) is 0 Å². The standard InChI is InChI=1S/C12H22O/c1-5-11(3)7-9-13-10-8-12(4)6-2/h5-6H,7-10H2,1-4H3. The maximum absolute atomic E-state index is 5.50. The fourth-order valence-electron chi connectivity index (χ4n) is 0.857. The maximum Gasteiger partial charge on any atom is 0.0503 e. The van der Waals surface area contributed by atoms with Gasteiger partial charge < -0.3 is 4.74 Å². The Kier molecular flexibility index (Phi) is 7.71. The van der Waals surface area contributed by atoms with Crippen molar-refractivity contribution in [1.29, 1.82) is 0 Å². The molecule has 0 rings (SSSR count). The van der Waals surface area contributed by atoms with Crippen LogP contribution in [0.1, 0.15) is 40.5 Å². The molecule has 0 fully saturated rings. The van der Waals surface area contributed by atoms with Crippen molar-refractivity contribution >= 4 is 0 Å². The summed E-state index contributed by atoms with van der Waals surface area (Å²) in [5.74, 6) is 0. The number of hydrogen-bond acceptors (Lipinski definition) is 1. The van der Waals surface area contributed by atoms with Gasteiger partial charge in [0, 0.05) is 0 Å². The second kappa shape index (κ2) is 8.06. The zero-order valence-corrected chi connectivity index (χ0v) is 9.39. The molecule has 0 aliphatic carbocycles. The molecule has 1 nitrogen and oxygen atoms in total. The van der Waals surface area contributed by atoms with Crippen LogP contribution in [0.4, 0.5) is 0 Å². The van der Waals surface area contributed by atoms with Gasteiger partial charge in [-0.2, -0.15) is 0 Å². The molecule has 0 unspecified atom stereocenters. The van der Waals surface area contributed by atoms with Gasteiger partial charge in [-0.3, -0.25) is 0 Å². The minimum Gasteiger partial charge on any atom is -0.381 e. The Morgan fingerprint density at radius 2 is 1.31 bits per heavy atom. The first-order valence-electron chi connectivity index (χ1n) is 5.02. The highest BCUT2D eigenvalue weighted by Gasteiger charge is 1.91. The molecule has 13 heavy (non-hydrogen) atoms. The predicted octanol–water partition coefficient (Wildman–Crippen LogP) is 3.72. The Morgan fingerprint density at radius 1 is 0.923 bits per heavy atom. The number of rotatable bonds is 6. The Balaban J connectivity index is 3.27. The Hall–Kier alpha value is -0.560. The van der Waals surface area contributed by atoms with Crippen molar-refractivity contribution in [1.82, 2.24) is 0 Å². The van der Waals surface area contributed by atoms with E-state index in [2.05, 4.69) is 39.8 Å². The highest BCUT2D eigenvalue weighted by atomic mass is 16.5. The summed E-state index contributed by atoms with van der Waals surface area (Å²) in [4.78, 5) is 0. The summed E-state index contributed by atoms with van der Waals surface area (Å²) in [6, 6.07) is 0. The van der Waals surface area contributed by atoms with Crippen LogP contribution >= 0.6 is 0 Å². The van der Waals surface area contributed by atoms with Crippen molar-refractivity contribution in [3.8, 4) is 0 Å². The molecule has 0 heterocycles. The Bertz CT molecular complexity index is 158. The molecule has 0 bridgehead atoms. The molecule has 0 spiro atoms. The van der Waals surface area contributed by atoms with Crippen molar-refractivity contribution in [3.05, 3.63) is 23.3 Å². The van der Waals surface area contributed by atoms with Crippen molar-refractivity contribution in [2.45, 2.75) is 40.5 Å². The molecule has 0 aromatic carbocycles. The van der Waals surface area contributed by atoms with E-state index < -0.39 is 0 Å². The predicted molar refractivity (Wildman–Crippen MR) is 58.9 cm³/mol. The van der Waals surface area contributed by atoms with Gasteiger partial charge in [-0.1, -0.05) is 23.3 Å². The molecular formula is C12H22O. The van der Waals surface area contributed by atoms with Crippen LogP contribution in [0.3, 0.4) is 0 Å². The van der Waals surface area contributed by atoms with E-state index in [1.54, 1.807) is 0 Å². The molecule has 0 aliphatic heterocycles. The van der Waals surface area contributed by atoms with Crippen molar-refractivity contribution in [2.75, 3.05) is 13.2 Å². The summed E-state index contributed by atoms with van der Waals surface area (Å²) in [5.41, 5.74) is 2.81. The number of allylic oxidation sites excluding steroid dienone is 2. The molecule has 0 aromatic rings. The Labute approximate surface area is 82.5 Å². The normalized spacial score (nSPS) is 13.5. The molecule has 0 saturated carbocycles. The van der Waals surface area contributed by atoms with Crippen LogP contribution in [0.15, 0.2) is 23.3 Å². The van der Waals surface area contributed by atoms with Gasteiger partial charge in [-0.15, -0.1) is 0 Å². The number of hydrogen-bond donors (Lipinski definition) is 0. The molecule has 0 aromatic heterocycles. The smallest absolute Gasteiger partial charge is 0.0503 e. The van der Waals surface area contributed by atoms with E-state index in [0.717, 1.165) is 26.1 Å². The third-order valence-electron chi connectivity index (χ3n) is 2.27. The largest absolute Gasteiger partial charge is 0.381 e. The second-order valence-electron chi connectivity index (χ2n) is 3.38. The molecule has 0 amide bonds. The van der Waals surface area contributed by atoms with E-state index in [4.69, 9.17) is 4.74 Å². The average molecular weight is 182 g/mol. The average Bonchev–Trinajstić information content (AvgIpc) is 2.16. The highest BCUT2D eigenvalue weighted by molar-refractivity contribution is 4.96. The summed E-state index contributed by atoms with van der Waals surface area (Å²) in [5, 5.41) is 0. The van der Waals surface area contributed by atoms with Crippen molar-refractivity contribution in [2.24, 2.45) is 0 Å². The Morgan fingerprint density at radius 3 is 1.62 bits per heavy atom. The van der Waals surface area contributed by atoms with Crippen molar-refractivity contribution < 1.29 is 4.74 Å². The van der Waals surface area contributed by atoms with E-state index in [-0.39, 0.29) is 0 Å². The van der Waals surface area contributed by atoms with E-state index >= 15 is 0 Å². The summed E-state index contributed by atoms with van der Waals surface area (Å²) in [6.07, 6.45) is 6.40. The third-order valence-corrected chi connectivity index (χ3v) is 2.27. The van der Waals surface area contributed by atoms with Gasteiger partial charge in [-0.05, 0) is 40.5 Å². The summed E-state index contributed by atoms with van der Waals surface area (Å²) in [6.45, 7) is 10.1. The molecule has 1 heteroatoms. The van der Waals surface area contributed by atoms with Crippen LogP contribution in [0.25, 0.3) is 0 Å². The lowest BCUT2D eigenvalue weighted by Crippen LogP contribution is -1.97. The van der Waals surface area contributed by atoms with E-state index in [9.17, 15) is 0 Å². The van der Waals surface area contributed by atoms with Gasteiger partial charge >= 0.3 is 0 Å². The molecule has 0 saturated heterocycles. The van der Waals surface area contributed by atoms with E-state index in [1.165, 1.54) is 11.1 Å². The van der Waals surface area contributed by atoms with E-state index in [1.807, 2.05) is 0 Å².